The van der Waals surface area contributed by atoms with Crippen LogP contribution in [0.4, 0.5) is 4.39 Å². The van der Waals surface area contributed by atoms with Gasteiger partial charge in [0, 0.05) is 0 Å². The summed E-state index contributed by atoms with van der Waals surface area (Å²) in [6.07, 6.45) is 0.0764. The first kappa shape index (κ1) is 10.7. The zero-order valence-electron chi connectivity index (χ0n) is 7.64. The van der Waals surface area contributed by atoms with E-state index < -0.39 is 6.10 Å². The van der Waals surface area contributed by atoms with Crippen molar-refractivity contribution in [1.82, 2.24) is 0 Å². The van der Waals surface area contributed by atoms with Gasteiger partial charge in [0.15, 0.2) is 0 Å². The van der Waals surface area contributed by atoms with Gasteiger partial charge in [-0.05, 0) is 46.5 Å². The largest absolute Gasteiger partial charge is 0.389 e. The van der Waals surface area contributed by atoms with Crippen molar-refractivity contribution in [3.8, 4) is 0 Å². The number of aryl methyl sites for hydroxylation is 1. The average Bonchev–Trinajstić information content (AvgIpc) is 2.09. The standard InChI is InChI=1S/C10H12BrFO/c1-3-7-4-8(6(2)13)5-9(11)10(7)12/h4-6,13H,3H2,1-2H3. The number of aliphatic hydroxyl groups excluding tert-OH is 1. The van der Waals surface area contributed by atoms with Crippen molar-refractivity contribution < 1.29 is 9.50 Å². The number of benzene rings is 1. The van der Waals surface area contributed by atoms with Crippen molar-refractivity contribution in [3.63, 3.8) is 0 Å². The number of aliphatic hydroxyl groups is 1. The van der Waals surface area contributed by atoms with Gasteiger partial charge in [0.1, 0.15) is 5.82 Å². The second-order valence-electron chi connectivity index (χ2n) is 3.01. The minimum Gasteiger partial charge on any atom is -0.389 e. The summed E-state index contributed by atoms with van der Waals surface area (Å²) < 4.78 is 13.7. The van der Waals surface area contributed by atoms with Crippen LogP contribution >= 0.6 is 15.9 Å². The molecule has 1 unspecified atom stereocenters. The SMILES string of the molecule is CCc1cc(C(C)O)cc(Br)c1F. The maximum atomic E-state index is 13.3. The Hall–Kier alpha value is -0.410. The van der Waals surface area contributed by atoms with Gasteiger partial charge in [-0.3, -0.25) is 0 Å². The maximum Gasteiger partial charge on any atom is 0.140 e. The first-order valence-electron chi connectivity index (χ1n) is 4.22. The van der Waals surface area contributed by atoms with Gasteiger partial charge in [-0.15, -0.1) is 0 Å². The van der Waals surface area contributed by atoms with Gasteiger partial charge in [0.25, 0.3) is 0 Å². The molecular weight excluding hydrogens is 235 g/mol. The van der Waals surface area contributed by atoms with Gasteiger partial charge < -0.3 is 5.11 Å². The van der Waals surface area contributed by atoms with Gasteiger partial charge in [0.05, 0.1) is 10.6 Å². The fourth-order valence-corrected chi connectivity index (χ4v) is 1.69. The predicted octanol–water partition coefficient (Wildman–Crippen LogP) is 3.20. The Morgan fingerprint density at radius 2 is 2.15 bits per heavy atom. The molecule has 0 spiro atoms. The molecule has 1 aromatic carbocycles. The van der Waals surface area contributed by atoms with Crippen molar-refractivity contribution in [2.45, 2.75) is 26.4 Å². The minimum absolute atomic E-state index is 0.230. The number of hydrogen-bond acceptors (Lipinski definition) is 1. The molecule has 0 aliphatic rings. The minimum atomic E-state index is -0.554. The molecule has 13 heavy (non-hydrogen) atoms. The Balaban J connectivity index is 3.22. The molecule has 1 N–H and O–H groups in total. The lowest BCUT2D eigenvalue weighted by Crippen LogP contribution is -1.97. The van der Waals surface area contributed by atoms with Crippen LogP contribution in [0.2, 0.25) is 0 Å². The highest BCUT2D eigenvalue weighted by Gasteiger charge is 2.09. The van der Waals surface area contributed by atoms with E-state index in [1.54, 1.807) is 19.1 Å². The zero-order chi connectivity index (χ0) is 10.0. The highest BCUT2D eigenvalue weighted by molar-refractivity contribution is 9.10. The summed E-state index contributed by atoms with van der Waals surface area (Å²) in [5.41, 5.74) is 1.37. The van der Waals surface area contributed by atoms with Crippen LogP contribution in [0.3, 0.4) is 0 Å². The van der Waals surface area contributed by atoms with E-state index in [1.165, 1.54) is 0 Å². The summed E-state index contributed by atoms with van der Waals surface area (Å²) in [6, 6.07) is 3.31. The van der Waals surface area contributed by atoms with Gasteiger partial charge in [-0.2, -0.15) is 0 Å². The highest BCUT2D eigenvalue weighted by atomic mass is 79.9. The Kier molecular flexibility index (Phi) is 3.45. The van der Waals surface area contributed by atoms with Gasteiger partial charge >= 0.3 is 0 Å². The third-order valence-corrected chi connectivity index (χ3v) is 2.57. The van der Waals surface area contributed by atoms with E-state index in [0.717, 1.165) is 5.56 Å². The first-order valence-corrected chi connectivity index (χ1v) is 5.01. The van der Waals surface area contributed by atoms with Crippen LogP contribution in [0.25, 0.3) is 0 Å². The van der Waals surface area contributed by atoms with Crippen LogP contribution in [0.1, 0.15) is 31.1 Å². The second kappa shape index (κ2) is 4.20. The van der Waals surface area contributed by atoms with E-state index in [-0.39, 0.29) is 5.82 Å². The van der Waals surface area contributed by atoms with Crippen LogP contribution in [0.15, 0.2) is 16.6 Å². The summed E-state index contributed by atoms with van der Waals surface area (Å²) in [6.45, 7) is 3.55. The monoisotopic (exact) mass is 246 g/mol. The molecule has 0 saturated heterocycles. The summed E-state index contributed by atoms with van der Waals surface area (Å²) in [5, 5.41) is 9.32. The summed E-state index contributed by atoms with van der Waals surface area (Å²) in [4.78, 5) is 0. The van der Waals surface area contributed by atoms with E-state index in [2.05, 4.69) is 15.9 Å². The molecule has 3 heteroatoms. The number of rotatable bonds is 2. The predicted molar refractivity (Wildman–Crippen MR) is 54.1 cm³/mol. The van der Waals surface area contributed by atoms with Crippen LogP contribution in [0, 0.1) is 5.82 Å². The molecule has 1 rings (SSSR count). The van der Waals surface area contributed by atoms with E-state index in [1.807, 2.05) is 6.92 Å². The summed E-state index contributed by atoms with van der Waals surface area (Å²) in [7, 11) is 0. The smallest absolute Gasteiger partial charge is 0.140 e. The van der Waals surface area contributed by atoms with E-state index in [4.69, 9.17) is 0 Å². The first-order chi connectivity index (χ1) is 6.06. The van der Waals surface area contributed by atoms with Crippen LogP contribution < -0.4 is 0 Å². The Bertz CT molecular complexity index is 310. The lowest BCUT2D eigenvalue weighted by molar-refractivity contribution is 0.199. The average molecular weight is 247 g/mol. The second-order valence-corrected chi connectivity index (χ2v) is 3.86. The molecule has 0 aliphatic heterocycles. The van der Waals surface area contributed by atoms with Crippen molar-refractivity contribution in [2.75, 3.05) is 0 Å². The fourth-order valence-electron chi connectivity index (χ4n) is 1.17. The molecule has 0 aliphatic carbocycles. The molecular formula is C10H12BrFO. The van der Waals surface area contributed by atoms with Crippen LogP contribution in [0.5, 0.6) is 0 Å². The van der Waals surface area contributed by atoms with Gasteiger partial charge in [-0.1, -0.05) is 13.0 Å². The molecule has 0 fully saturated rings. The summed E-state index contributed by atoms with van der Waals surface area (Å²) in [5.74, 6) is -0.230. The Morgan fingerprint density at radius 3 is 2.62 bits per heavy atom. The lowest BCUT2D eigenvalue weighted by Gasteiger charge is -2.09. The van der Waals surface area contributed by atoms with E-state index in [9.17, 15) is 9.50 Å². The molecule has 0 heterocycles. The lowest BCUT2D eigenvalue weighted by atomic mass is 10.1. The van der Waals surface area contributed by atoms with Crippen LogP contribution in [-0.4, -0.2) is 5.11 Å². The molecule has 1 nitrogen and oxygen atoms in total. The third-order valence-electron chi connectivity index (χ3n) is 1.99. The van der Waals surface area contributed by atoms with E-state index >= 15 is 0 Å². The van der Waals surface area contributed by atoms with Crippen molar-refractivity contribution in [3.05, 3.63) is 33.5 Å². The van der Waals surface area contributed by atoms with Crippen molar-refractivity contribution >= 4 is 15.9 Å². The molecule has 1 aromatic rings. The Morgan fingerprint density at radius 1 is 1.54 bits per heavy atom. The molecule has 1 atom stereocenters. The van der Waals surface area contributed by atoms with E-state index in [0.29, 0.717) is 16.5 Å². The molecule has 0 amide bonds. The number of hydrogen-bond donors (Lipinski definition) is 1. The van der Waals surface area contributed by atoms with Crippen LogP contribution in [-0.2, 0) is 6.42 Å². The summed E-state index contributed by atoms with van der Waals surface area (Å²) >= 11 is 3.12. The third kappa shape index (κ3) is 2.29. The molecule has 72 valence electrons. The highest BCUT2D eigenvalue weighted by Crippen LogP contribution is 2.25. The topological polar surface area (TPSA) is 20.2 Å². The number of halogens is 2. The molecule has 0 aromatic heterocycles. The fraction of sp³-hybridized carbons (Fsp3) is 0.400. The molecule has 0 radical (unpaired) electrons. The molecule has 0 saturated carbocycles. The van der Waals surface area contributed by atoms with Gasteiger partial charge in [0.2, 0.25) is 0 Å². The van der Waals surface area contributed by atoms with Crippen molar-refractivity contribution in [2.24, 2.45) is 0 Å². The Labute approximate surface area is 85.7 Å². The normalized spacial score (nSPS) is 13.0. The zero-order valence-corrected chi connectivity index (χ0v) is 9.23. The van der Waals surface area contributed by atoms with Gasteiger partial charge in [-0.25, -0.2) is 4.39 Å². The quantitative estimate of drug-likeness (QED) is 0.850. The maximum absolute atomic E-state index is 13.3. The van der Waals surface area contributed by atoms with Crippen molar-refractivity contribution in [1.29, 1.82) is 0 Å². The molecule has 0 bridgehead atoms.